The van der Waals surface area contributed by atoms with E-state index >= 15 is 0 Å². The highest BCUT2D eigenvalue weighted by molar-refractivity contribution is 6.31. The van der Waals surface area contributed by atoms with Crippen molar-refractivity contribution in [1.82, 2.24) is 10.2 Å². The van der Waals surface area contributed by atoms with Gasteiger partial charge in [0.05, 0.1) is 25.5 Å². The van der Waals surface area contributed by atoms with Gasteiger partial charge in [-0.1, -0.05) is 11.6 Å². The topological polar surface area (TPSA) is 54.7 Å². The number of nitrogens with one attached hydrogen (secondary N) is 1. The molecule has 6 heteroatoms. The summed E-state index contributed by atoms with van der Waals surface area (Å²) in [5, 5.41) is 3.72. The minimum Gasteiger partial charge on any atom is -0.496 e. The largest absolute Gasteiger partial charge is 0.496 e. The Hall–Kier alpha value is -1.98. The maximum Gasteiger partial charge on any atom is 0.255 e. The van der Waals surface area contributed by atoms with Crippen LogP contribution in [0.4, 0.5) is 0 Å². The van der Waals surface area contributed by atoms with Crippen molar-refractivity contribution in [3.63, 3.8) is 0 Å². The molecule has 2 aliphatic rings. The van der Waals surface area contributed by atoms with Gasteiger partial charge in [0.2, 0.25) is 0 Å². The number of ether oxygens (including phenoxy) is 1. The molecule has 0 saturated carbocycles. The highest BCUT2D eigenvalue weighted by Gasteiger charge is 2.41. The molecule has 2 aliphatic heterocycles. The van der Waals surface area contributed by atoms with E-state index in [-0.39, 0.29) is 11.9 Å². The smallest absolute Gasteiger partial charge is 0.255 e. The number of rotatable bonds is 5. The zero-order valence-corrected chi connectivity index (χ0v) is 15.5. The number of amides is 1. The van der Waals surface area contributed by atoms with Gasteiger partial charge in [-0.2, -0.15) is 0 Å². The lowest BCUT2D eigenvalue weighted by Gasteiger charge is -2.38. The first-order valence-electron chi connectivity index (χ1n) is 9.06. The number of carbonyl (C=O) groups is 1. The molecule has 3 atom stereocenters. The van der Waals surface area contributed by atoms with Crippen LogP contribution in [0.15, 0.2) is 41.0 Å². The summed E-state index contributed by atoms with van der Waals surface area (Å²) in [6, 6.07) is 10.2. The molecule has 2 bridgehead atoms. The Labute approximate surface area is 158 Å². The van der Waals surface area contributed by atoms with E-state index in [1.54, 1.807) is 31.6 Å². The molecule has 1 unspecified atom stereocenters. The van der Waals surface area contributed by atoms with Crippen LogP contribution in [0.3, 0.4) is 0 Å². The minimum atomic E-state index is -0.117. The summed E-state index contributed by atoms with van der Waals surface area (Å²) < 4.78 is 10.8. The van der Waals surface area contributed by atoms with Crippen LogP contribution in [0.2, 0.25) is 5.02 Å². The first-order chi connectivity index (χ1) is 12.6. The molecule has 0 aliphatic carbocycles. The Morgan fingerprint density at radius 1 is 1.31 bits per heavy atom. The highest BCUT2D eigenvalue weighted by Crippen LogP contribution is 2.37. The fourth-order valence-electron chi connectivity index (χ4n) is 4.35. The average molecular weight is 375 g/mol. The number of fused-ring (bicyclic) bond motifs is 2. The molecule has 4 rings (SSSR count). The van der Waals surface area contributed by atoms with Crippen LogP contribution in [0.5, 0.6) is 5.75 Å². The normalized spacial score (nSPS) is 25.2. The van der Waals surface area contributed by atoms with Gasteiger partial charge in [-0.3, -0.25) is 9.69 Å². The monoisotopic (exact) mass is 374 g/mol. The number of carbonyl (C=O) groups excluding carboxylic acids is 1. The molecule has 2 saturated heterocycles. The molecule has 1 amide bonds. The Morgan fingerprint density at radius 3 is 2.73 bits per heavy atom. The zero-order chi connectivity index (χ0) is 18.1. The van der Waals surface area contributed by atoms with Crippen LogP contribution < -0.4 is 10.1 Å². The number of furan rings is 1. The molecule has 2 aromatic rings. The molecule has 0 radical (unpaired) electrons. The van der Waals surface area contributed by atoms with Crippen LogP contribution in [-0.4, -0.2) is 36.0 Å². The van der Waals surface area contributed by atoms with E-state index in [0.29, 0.717) is 28.4 Å². The molecule has 26 heavy (non-hydrogen) atoms. The fourth-order valence-corrected chi connectivity index (χ4v) is 4.53. The van der Waals surface area contributed by atoms with Gasteiger partial charge >= 0.3 is 0 Å². The third-order valence-electron chi connectivity index (χ3n) is 5.54. The van der Waals surface area contributed by atoms with Gasteiger partial charge in [0.1, 0.15) is 11.5 Å². The fraction of sp³-hybridized carbons (Fsp3) is 0.450. The van der Waals surface area contributed by atoms with Gasteiger partial charge in [-0.05, 0) is 56.0 Å². The average Bonchev–Trinajstić information content (AvgIpc) is 3.22. The number of methoxy groups -OCH3 is 1. The van der Waals surface area contributed by atoms with Crippen LogP contribution in [0, 0.1) is 0 Å². The summed E-state index contributed by atoms with van der Waals surface area (Å²) >= 11 is 6.05. The molecule has 1 aromatic carbocycles. The molecule has 1 N–H and O–H groups in total. The van der Waals surface area contributed by atoms with Crippen molar-refractivity contribution in [2.24, 2.45) is 0 Å². The summed E-state index contributed by atoms with van der Waals surface area (Å²) in [4.78, 5) is 15.3. The third-order valence-corrected chi connectivity index (χ3v) is 5.78. The van der Waals surface area contributed by atoms with Crippen LogP contribution >= 0.6 is 11.6 Å². The number of benzene rings is 1. The van der Waals surface area contributed by atoms with Gasteiger partial charge < -0.3 is 14.5 Å². The molecule has 0 spiro atoms. The summed E-state index contributed by atoms with van der Waals surface area (Å²) in [6.45, 7) is 0.852. The Kier molecular flexibility index (Phi) is 4.92. The molecule has 138 valence electrons. The van der Waals surface area contributed by atoms with Gasteiger partial charge in [0.25, 0.3) is 5.91 Å². The maximum atomic E-state index is 12.7. The SMILES string of the molecule is COc1ccc(Cl)cc1C(=O)NC1C[C@H]2CC[C@@H](C1)N2Cc1ccco1. The van der Waals surface area contributed by atoms with Crippen molar-refractivity contribution in [3.8, 4) is 5.75 Å². The second-order valence-electron chi connectivity index (χ2n) is 7.12. The Morgan fingerprint density at radius 2 is 2.08 bits per heavy atom. The summed E-state index contributed by atoms with van der Waals surface area (Å²) in [6.07, 6.45) is 6.01. The molecule has 3 heterocycles. The van der Waals surface area contributed by atoms with Crippen molar-refractivity contribution in [1.29, 1.82) is 0 Å². The maximum absolute atomic E-state index is 12.7. The van der Waals surface area contributed by atoms with Gasteiger partial charge in [-0.25, -0.2) is 0 Å². The first kappa shape index (κ1) is 17.4. The predicted molar refractivity (Wildman–Crippen MR) is 99.6 cm³/mol. The molecular formula is C20H23ClN2O3. The molecule has 5 nitrogen and oxygen atoms in total. The predicted octanol–water partition coefficient (Wildman–Crippen LogP) is 3.87. The second-order valence-corrected chi connectivity index (χ2v) is 7.56. The molecular weight excluding hydrogens is 352 g/mol. The van der Waals surface area contributed by atoms with Crippen LogP contribution in [0.25, 0.3) is 0 Å². The van der Waals surface area contributed by atoms with E-state index in [2.05, 4.69) is 10.2 Å². The van der Waals surface area contributed by atoms with Gasteiger partial charge in [0.15, 0.2) is 0 Å². The van der Waals surface area contributed by atoms with Crippen molar-refractivity contribution in [2.75, 3.05) is 7.11 Å². The van der Waals surface area contributed by atoms with Crippen molar-refractivity contribution < 1.29 is 13.9 Å². The Balaban J connectivity index is 1.42. The van der Waals surface area contributed by atoms with Gasteiger partial charge in [-0.15, -0.1) is 0 Å². The van der Waals surface area contributed by atoms with E-state index in [1.807, 2.05) is 12.1 Å². The standard InChI is InChI=1S/C20H23ClN2O3/c1-25-19-7-4-13(21)9-18(19)20(24)22-14-10-15-5-6-16(11-14)23(15)12-17-3-2-8-26-17/h2-4,7-9,14-16H,5-6,10-12H2,1H3,(H,22,24)/t14?,15-,16+. The lowest BCUT2D eigenvalue weighted by molar-refractivity contribution is 0.0803. The zero-order valence-electron chi connectivity index (χ0n) is 14.8. The van der Waals surface area contributed by atoms with E-state index in [4.69, 9.17) is 20.8 Å². The number of halogens is 1. The van der Waals surface area contributed by atoms with Crippen molar-refractivity contribution in [2.45, 2.75) is 50.4 Å². The molecule has 2 fully saturated rings. The number of hydrogen-bond acceptors (Lipinski definition) is 4. The summed E-state index contributed by atoms with van der Waals surface area (Å²) in [5.74, 6) is 1.44. The quantitative estimate of drug-likeness (QED) is 0.863. The lowest BCUT2D eigenvalue weighted by atomic mass is 9.96. The van der Waals surface area contributed by atoms with E-state index in [0.717, 1.165) is 25.1 Å². The van der Waals surface area contributed by atoms with Gasteiger partial charge in [0, 0.05) is 23.1 Å². The van der Waals surface area contributed by atoms with E-state index in [9.17, 15) is 4.79 Å². The lowest BCUT2D eigenvalue weighted by Crippen LogP contribution is -2.50. The van der Waals surface area contributed by atoms with Crippen LogP contribution in [-0.2, 0) is 6.54 Å². The molecule has 1 aromatic heterocycles. The minimum absolute atomic E-state index is 0.117. The summed E-state index contributed by atoms with van der Waals surface area (Å²) in [7, 11) is 1.56. The number of nitrogens with zero attached hydrogens (tertiary/aromatic N) is 1. The third kappa shape index (κ3) is 3.46. The Bertz CT molecular complexity index is 763. The van der Waals surface area contributed by atoms with Crippen LogP contribution in [0.1, 0.15) is 41.8 Å². The number of piperidine rings is 1. The highest BCUT2D eigenvalue weighted by atomic mass is 35.5. The van der Waals surface area contributed by atoms with E-state index in [1.165, 1.54) is 12.8 Å². The van der Waals surface area contributed by atoms with Crippen molar-refractivity contribution >= 4 is 17.5 Å². The van der Waals surface area contributed by atoms with Crippen molar-refractivity contribution in [3.05, 3.63) is 52.9 Å². The number of hydrogen-bond donors (Lipinski definition) is 1. The first-order valence-corrected chi connectivity index (χ1v) is 9.44. The van der Waals surface area contributed by atoms with E-state index < -0.39 is 0 Å². The summed E-state index contributed by atoms with van der Waals surface area (Å²) in [5.41, 5.74) is 0.491. The second kappa shape index (κ2) is 7.33.